The Bertz CT molecular complexity index is 719. The molecule has 1 amide bonds. The number of carbonyl (C=O) groups excluding carboxylic acids is 1. The standard InChI is InChI=1S/C20H26N2O3/c1-15(23)21-19-8-4-5-9-20(19)14-22(10-11-24-20)13-17-12-16-6-2-3-7-18(16)25-17/h2-3,6-7,12,19H,4-5,8-11,13-14H2,1H3,(H,21,23). The minimum atomic E-state index is -0.256. The van der Waals surface area contributed by atoms with Crippen LogP contribution in [-0.4, -0.2) is 42.1 Å². The molecule has 4 rings (SSSR count). The van der Waals surface area contributed by atoms with Crippen molar-refractivity contribution in [1.82, 2.24) is 10.2 Å². The lowest BCUT2D eigenvalue weighted by molar-refractivity contribution is -0.151. The van der Waals surface area contributed by atoms with E-state index in [2.05, 4.69) is 22.3 Å². The van der Waals surface area contributed by atoms with Crippen molar-refractivity contribution in [2.75, 3.05) is 19.7 Å². The van der Waals surface area contributed by atoms with E-state index < -0.39 is 0 Å². The molecule has 5 nitrogen and oxygen atoms in total. The molecule has 1 saturated carbocycles. The maximum absolute atomic E-state index is 11.6. The maximum Gasteiger partial charge on any atom is 0.217 e. The molecule has 1 spiro atoms. The zero-order chi connectivity index (χ0) is 17.3. The average molecular weight is 342 g/mol. The van der Waals surface area contributed by atoms with Gasteiger partial charge >= 0.3 is 0 Å². The second kappa shape index (κ2) is 6.81. The van der Waals surface area contributed by atoms with Crippen molar-refractivity contribution in [3.05, 3.63) is 36.1 Å². The van der Waals surface area contributed by atoms with Gasteiger partial charge in [-0.1, -0.05) is 31.0 Å². The van der Waals surface area contributed by atoms with Gasteiger partial charge in [0, 0.05) is 25.4 Å². The molecule has 1 aliphatic carbocycles. The number of nitrogens with one attached hydrogen (secondary N) is 1. The van der Waals surface area contributed by atoms with Crippen molar-refractivity contribution < 1.29 is 13.9 Å². The molecule has 2 aromatic rings. The SMILES string of the molecule is CC(=O)NC1CCCCC12CN(Cc1cc3ccccc3o1)CCO2. The summed E-state index contributed by atoms with van der Waals surface area (Å²) in [6.45, 7) is 4.82. The van der Waals surface area contributed by atoms with Crippen LogP contribution in [0.5, 0.6) is 0 Å². The first kappa shape index (κ1) is 16.6. The van der Waals surface area contributed by atoms with Gasteiger partial charge in [-0.2, -0.15) is 0 Å². The normalized spacial score (nSPS) is 27.6. The van der Waals surface area contributed by atoms with E-state index in [4.69, 9.17) is 9.15 Å². The summed E-state index contributed by atoms with van der Waals surface area (Å²) < 4.78 is 12.2. The first-order valence-corrected chi connectivity index (χ1v) is 9.25. The molecule has 2 fully saturated rings. The molecule has 5 heteroatoms. The van der Waals surface area contributed by atoms with Crippen LogP contribution in [0.4, 0.5) is 0 Å². The second-order valence-electron chi connectivity index (χ2n) is 7.37. The maximum atomic E-state index is 11.6. The van der Waals surface area contributed by atoms with Crippen molar-refractivity contribution in [3.8, 4) is 0 Å². The molecular weight excluding hydrogens is 316 g/mol. The quantitative estimate of drug-likeness (QED) is 0.931. The van der Waals surface area contributed by atoms with Crippen molar-refractivity contribution in [2.45, 2.75) is 50.8 Å². The van der Waals surface area contributed by atoms with E-state index in [-0.39, 0.29) is 17.6 Å². The van der Waals surface area contributed by atoms with E-state index in [1.165, 1.54) is 0 Å². The number of nitrogens with zero attached hydrogens (tertiary/aromatic N) is 1. The number of fused-ring (bicyclic) bond motifs is 1. The van der Waals surface area contributed by atoms with Gasteiger partial charge in [-0.05, 0) is 25.0 Å². The lowest BCUT2D eigenvalue weighted by Gasteiger charge is -2.49. The van der Waals surface area contributed by atoms with Gasteiger partial charge in [0.15, 0.2) is 0 Å². The molecule has 1 aromatic carbocycles. The zero-order valence-electron chi connectivity index (χ0n) is 14.8. The van der Waals surface area contributed by atoms with Crippen LogP contribution in [0.1, 0.15) is 38.4 Å². The average Bonchev–Trinajstić information content (AvgIpc) is 2.99. The Hall–Kier alpha value is -1.85. The fourth-order valence-electron chi connectivity index (χ4n) is 4.37. The highest BCUT2D eigenvalue weighted by molar-refractivity contribution is 5.77. The largest absolute Gasteiger partial charge is 0.460 e. The lowest BCUT2D eigenvalue weighted by Crippen LogP contribution is -2.63. The minimum Gasteiger partial charge on any atom is -0.460 e. The van der Waals surface area contributed by atoms with Crippen LogP contribution >= 0.6 is 0 Å². The molecule has 2 aliphatic rings. The highest BCUT2D eigenvalue weighted by Crippen LogP contribution is 2.35. The molecule has 2 heterocycles. The molecule has 1 aliphatic heterocycles. The smallest absolute Gasteiger partial charge is 0.217 e. The van der Waals surface area contributed by atoms with Crippen LogP contribution in [-0.2, 0) is 16.1 Å². The summed E-state index contributed by atoms with van der Waals surface area (Å²) in [4.78, 5) is 14.0. The fraction of sp³-hybridized carbons (Fsp3) is 0.550. The van der Waals surface area contributed by atoms with Crippen molar-refractivity contribution in [3.63, 3.8) is 0 Å². The van der Waals surface area contributed by atoms with Gasteiger partial charge in [-0.25, -0.2) is 0 Å². The zero-order valence-corrected chi connectivity index (χ0v) is 14.8. The molecular formula is C20H26N2O3. The molecule has 1 aromatic heterocycles. The van der Waals surface area contributed by atoms with Crippen LogP contribution in [0.15, 0.2) is 34.7 Å². The van der Waals surface area contributed by atoms with E-state index in [9.17, 15) is 4.79 Å². The Morgan fingerprint density at radius 1 is 1.36 bits per heavy atom. The summed E-state index contributed by atoms with van der Waals surface area (Å²) in [5, 5.41) is 4.28. The van der Waals surface area contributed by atoms with Gasteiger partial charge in [0.1, 0.15) is 16.9 Å². The predicted octanol–water partition coefficient (Wildman–Crippen LogP) is 3.08. The number of para-hydroxylation sites is 1. The van der Waals surface area contributed by atoms with Crippen LogP contribution in [0.25, 0.3) is 11.0 Å². The highest BCUT2D eigenvalue weighted by atomic mass is 16.5. The molecule has 25 heavy (non-hydrogen) atoms. The first-order chi connectivity index (χ1) is 12.1. The third-order valence-corrected chi connectivity index (χ3v) is 5.50. The highest BCUT2D eigenvalue weighted by Gasteiger charge is 2.45. The summed E-state index contributed by atoms with van der Waals surface area (Å²) in [5.41, 5.74) is 0.683. The summed E-state index contributed by atoms with van der Waals surface area (Å²) in [6.07, 6.45) is 4.32. The summed E-state index contributed by atoms with van der Waals surface area (Å²) >= 11 is 0. The molecule has 134 valence electrons. The Balaban J connectivity index is 1.50. The van der Waals surface area contributed by atoms with E-state index in [1.54, 1.807) is 6.92 Å². The van der Waals surface area contributed by atoms with Crippen molar-refractivity contribution in [2.24, 2.45) is 0 Å². The number of carbonyl (C=O) groups is 1. The number of ether oxygens (including phenoxy) is 1. The van der Waals surface area contributed by atoms with E-state index in [1.807, 2.05) is 18.2 Å². The lowest BCUT2D eigenvalue weighted by atomic mass is 9.78. The number of rotatable bonds is 3. The number of amides is 1. The molecule has 2 unspecified atom stereocenters. The van der Waals surface area contributed by atoms with E-state index in [0.717, 1.165) is 62.0 Å². The second-order valence-corrected chi connectivity index (χ2v) is 7.37. The van der Waals surface area contributed by atoms with Crippen LogP contribution in [0.2, 0.25) is 0 Å². The number of benzene rings is 1. The monoisotopic (exact) mass is 342 g/mol. The van der Waals surface area contributed by atoms with Crippen molar-refractivity contribution >= 4 is 16.9 Å². The molecule has 0 radical (unpaired) electrons. The third-order valence-electron chi connectivity index (χ3n) is 5.50. The Morgan fingerprint density at radius 2 is 2.24 bits per heavy atom. The Kier molecular flexibility index (Phi) is 4.52. The minimum absolute atomic E-state index is 0.0317. The first-order valence-electron chi connectivity index (χ1n) is 9.25. The number of morpholine rings is 1. The van der Waals surface area contributed by atoms with Crippen molar-refractivity contribution in [1.29, 1.82) is 0 Å². The third kappa shape index (κ3) is 3.44. The summed E-state index contributed by atoms with van der Waals surface area (Å²) in [7, 11) is 0. The van der Waals surface area contributed by atoms with Crippen LogP contribution in [0, 0.1) is 0 Å². The molecule has 1 N–H and O–H groups in total. The van der Waals surface area contributed by atoms with E-state index >= 15 is 0 Å². The number of hydrogen-bond acceptors (Lipinski definition) is 4. The Labute approximate surface area is 148 Å². The van der Waals surface area contributed by atoms with Gasteiger partial charge in [0.05, 0.1) is 19.2 Å². The summed E-state index contributed by atoms with van der Waals surface area (Å²) in [5.74, 6) is 1.02. The van der Waals surface area contributed by atoms with Gasteiger partial charge < -0.3 is 14.5 Å². The molecule has 1 saturated heterocycles. The number of hydrogen-bond donors (Lipinski definition) is 1. The van der Waals surface area contributed by atoms with Gasteiger partial charge in [-0.15, -0.1) is 0 Å². The van der Waals surface area contributed by atoms with E-state index in [0.29, 0.717) is 6.61 Å². The molecule has 2 atom stereocenters. The fourth-order valence-corrected chi connectivity index (χ4v) is 4.37. The Morgan fingerprint density at radius 3 is 3.08 bits per heavy atom. The number of furan rings is 1. The van der Waals surface area contributed by atoms with Crippen LogP contribution in [0.3, 0.4) is 0 Å². The van der Waals surface area contributed by atoms with Crippen LogP contribution < -0.4 is 5.32 Å². The summed E-state index contributed by atoms with van der Waals surface area (Å²) in [6, 6.07) is 10.4. The van der Waals surface area contributed by atoms with Gasteiger partial charge in [0.25, 0.3) is 0 Å². The topological polar surface area (TPSA) is 54.7 Å². The predicted molar refractivity (Wildman–Crippen MR) is 96.2 cm³/mol. The molecule has 0 bridgehead atoms. The van der Waals surface area contributed by atoms with Gasteiger partial charge in [-0.3, -0.25) is 9.69 Å². The van der Waals surface area contributed by atoms with Gasteiger partial charge in [0.2, 0.25) is 5.91 Å².